The summed E-state index contributed by atoms with van der Waals surface area (Å²) in [5.41, 5.74) is 0.565. The number of aliphatic hydroxyl groups is 2. The third-order valence-electron chi connectivity index (χ3n) is 7.46. The third-order valence-corrected chi connectivity index (χ3v) is 7.46. The molecular weight excluding hydrogens is 328 g/mol. The van der Waals surface area contributed by atoms with Gasteiger partial charge >= 0.3 is 5.97 Å². The van der Waals surface area contributed by atoms with Gasteiger partial charge in [-0.25, -0.2) is 0 Å². The summed E-state index contributed by atoms with van der Waals surface area (Å²) in [6, 6.07) is 0. The van der Waals surface area contributed by atoms with Gasteiger partial charge in [0.25, 0.3) is 0 Å². The van der Waals surface area contributed by atoms with Crippen molar-refractivity contribution in [1.29, 1.82) is 0 Å². The number of carbonyl (C=O) groups excluding carboxylic acids is 1. The molecule has 0 aliphatic heterocycles. The molecule has 0 heterocycles. The molecule has 2 aliphatic carbocycles. The van der Waals surface area contributed by atoms with Crippen LogP contribution in [0.25, 0.3) is 0 Å². The summed E-state index contributed by atoms with van der Waals surface area (Å²) in [6.07, 6.45) is 8.82. The first kappa shape index (κ1) is 21.4. The molecule has 26 heavy (non-hydrogen) atoms. The van der Waals surface area contributed by atoms with E-state index in [1.54, 1.807) is 0 Å². The smallest absolute Gasteiger partial charge is 0.302 e. The lowest BCUT2D eigenvalue weighted by molar-refractivity contribution is -0.186. The molecule has 0 bridgehead atoms. The van der Waals surface area contributed by atoms with Gasteiger partial charge in [0.15, 0.2) is 0 Å². The molecule has 2 rings (SSSR count). The van der Waals surface area contributed by atoms with Gasteiger partial charge in [-0.1, -0.05) is 31.9 Å². The molecule has 0 amide bonds. The van der Waals surface area contributed by atoms with Gasteiger partial charge in [0.2, 0.25) is 0 Å². The maximum absolute atomic E-state index is 11.4. The minimum atomic E-state index is -0.662. The number of hydrogen-bond acceptors (Lipinski definition) is 4. The van der Waals surface area contributed by atoms with Gasteiger partial charge in [-0.15, -0.1) is 0 Å². The molecule has 2 fully saturated rings. The summed E-state index contributed by atoms with van der Waals surface area (Å²) in [5.74, 6) is 0.464. The second-order valence-corrected chi connectivity index (χ2v) is 9.57. The average Bonchev–Trinajstić information content (AvgIpc) is 2.52. The van der Waals surface area contributed by atoms with Crippen LogP contribution in [0.2, 0.25) is 0 Å². The third kappa shape index (κ3) is 4.33. The molecule has 4 heteroatoms. The first-order valence-electron chi connectivity index (χ1n) is 10.2. The highest BCUT2D eigenvalue weighted by molar-refractivity contribution is 5.65. The molecule has 0 unspecified atom stereocenters. The summed E-state index contributed by atoms with van der Waals surface area (Å²) in [4.78, 5) is 11.4. The minimum Gasteiger partial charge on any atom is -0.465 e. The van der Waals surface area contributed by atoms with Crippen molar-refractivity contribution >= 4 is 5.97 Å². The highest BCUT2D eigenvalue weighted by Gasteiger charge is 2.59. The number of ether oxygens (including phenoxy) is 1. The molecule has 4 nitrogen and oxygen atoms in total. The van der Waals surface area contributed by atoms with Crippen LogP contribution in [-0.4, -0.2) is 35.0 Å². The fourth-order valence-electron chi connectivity index (χ4n) is 6.14. The Balaban J connectivity index is 2.26. The van der Waals surface area contributed by atoms with Gasteiger partial charge in [0.1, 0.15) is 0 Å². The maximum Gasteiger partial charge on any atom is 0.302 e. The van der Waals surface area contributed by atoms with Crippen molar-refractivity contribution in [2.45, 2.75) is 85.2 Å². The standard InChI is InChI=1S/C22H38O4/c1-16(10-14-23)7-8-19-21(4)12-6-11-20(3,15-26-17(2)24)18(21)9-13-22(19,5)25/h10,18-19,23,25H,6-9,11-15H2,1-5H3/b16-10+/t18-,19+,20+,21-,22+/m0/s1. The molecule has 0 aromatic rings. The van der Waals surface area contributed by atoms with Crippen LogP contribution in [-0.2, 0) is 9.53 Å². The van der Waals surface area contributed by atoms with Gasteiger partial charge in [-0.2, -0.15) is 0 Å². The lowest BCUT2D eigenvalue weighted by atomic mass is 9.45. The van der Waals surface area contributed by atoms with Crippen LogP contribution in [0.5, 0.6) is 0 Å². The Hall–Kier alpha value is -0.870. The molecule has 0 radical (unpaired) electrons. The van der Waals surface area contributed by atoms with E-state index in [4.69, 9.17) is 9.84 Å². The zero-order valence-corrected chi connectivity index (χ0v) is 17.3. The lowest BCUT2D eigenvalue weighted by Crippen LogP contribution is -2.59. The van der Waals surface area contributed by atoms with E-state index >= 15 is 0 Å². The summed E-state index contributed by atoms with van der Waals surface area (Å²) in [6.45, 7) is 10.7. The second-order valence-electron chi connectivity index (χ2n) is 9.57. The van der Waals surface area contributed by atoms with Gasteiger partial charge in [-0.05, 0) is 69.6 Å². The van der Waals surface area contributed by atoms with E-state index in [0.29, 0.717) is 12.5 Å². The van der Waals surface area contributed by atoms with Crippen molar-refractivity contribution in [3.8, 4) is 0 Å². The normalized spacial score (nSPS) is 40.8. The van der Waals surface area contributed by atoms with Gasteiger partial charge < -0.3 is 14.9 Å². The Bertz CT molecular complexity index is 538. The monoisotopic (exact) mass is 366 g/mol. The largest absolute Gasteiger partial charge is 0.465 e. The van der Waals surface area contributed by atoms with E-state index in [-0.39, 0.29) is 29.3 Å². The number of carbonyl (C=O) groups is 1. The van der Waals surface area contributed by atoms with Crippen LogP contribution in [0, 0.1) is 22.7 Å². The Morgan fingerprint density at radius 2 is 1.88 bits per heavy atom. The molecule has 0 aromatic carbocycles. The second kappa shape index (κ2) is 8.02. The Kier molecular flexibility index (Phi) is 6.61. The van der Waals surface area contributed by atoms with E-state index in [1.807, 2.05) is 13.0 Å². The summed E-state index contributed by atoms with van der Waals surface area (Å²) in [7, 11) is 0. The first-order valence-corrected chi connectivity index (χ1v) is 10.2. The van der Waals surface area contributed by atoms with Crippen molar-refractivity contribution < 1.29 is 19.7 Å². The molecule has 2 saturated carbocycles. The predicted molar refractivity (Wildman–Crippen MR) is 104 cm³/mol. The number of allylic oxidation sites excluding steroid dienone is 1. The topological polar surface area (TPSA) is 66.8 Å². The summed E-state index contributed by atoms with van der Waals surface area (Å²) < 4.78 is 5.46. The Morgan fingerprint density at radius 1 is 1.19 bits per heavy atom. The SMILES string of the molecule is CC(=O)OC[C@@]1(C)CCC[C@]2(C)[C@@H](CC/C(C)=C/CO)[C@](C)(O)CC[C@@H]12. The summed E-state index contributed by atoms with van der Waals surface area (Å²) in [5, 5.41) is 20.3. The number of aliphatic hydroxyl groups excluding tert-OH is 1. The van der Waals surface area contributed by atoms with Crippen LogP contribution < -0.4 is 0 Å². The van der Waals surface area contributed by atoms with Crippen LogP contribution in [0.1, 0.15) is 79.6 Å². The van der Waals surface area contributed by atoms with Crippen molar-refractivity contribution in [3.05, 3.63) is 11.6 Å². The predicted octanol–water partition coefficient (Wildman–Crippen LogP) is 4.24. The van der Waals surface area contributed by atoms with Crippen LogP contribution in [0.4, 0.5) is 0 Å². The lowest BCUT2D eigenvalue weighted by Gasteiger charge is -2.61. The molecular formula is C22H38O4. The van der Waals surface area contributed by atoms with E-state index in [1.165, 1.54) is 12.5 Å². The van der Waals surface area contributed by atoms with Gasteiger partial charge in [-0.3, -0.25) is 4.79 Å². The molecule has 5 atom stereocenters. The molecule has 2 N–H and O–H groups in total. The number of rotatable bonds is 6. The molecule has 2 aliphatic rings. The molecule has 150 valence electrons. The number of esters is 1. The van der Waals surface area contributed by atoms with E-state index in [0.717, 1.165) is 44.9 Å². The van der Waals surface area contributed by atoms with E-state index in [9.17, 15) is 9.90 Å². The zero-order valence-electron chi connectivity index (χ0n) is 17.3. The highest BCUT2D eigenvalue weighted by atomic mass is 16.5. The van der Waals surface area contributed by atoms with Crippen molar-refractivity contribution in [1.82, 2.24) is 0 Å². The number of fused-ring (bicyclic) bond motifs is 1. The quantitative estimate of drug-likeness (QED) is 0.545. The fourth-order valence-corrected chi connectivity index (χ4v) is 6.14. The van der Waals surface area contributed by atoms with Gasteiger partial charge in [0.05, 0.1) is 18.8 Å². The fraction of sp³-hybridized carbons (Fsp3) is 0.864. The highest BCUT2D eigenvalue weighted by Crippen LogP contribution is 2.63. The zero-order chi connectivity index (χ0) is 19.6. The van der Waals surface area contributed by atoms with Crippen molar-refractivity contribution in [3.63, 3.8) is 0 Å². The molecule has 0 saturated heterocycles. The average molecular weight is 367 g/mol. The minimum absolute atomic E-state index is 0.0105. The summed E-state index contributed by atoms with van der Waals surface area (Å²) >= 11 is 0. The first-order chi connectivity index (χ1) is 12.0. The van der Waals surface area contributed by atoms with Gasteiger partial charge in [0, 0.05) is 12.3 Å². The number of hydrogen-bond donors (Lipinski definition) is 2. The van der Waals surface area contributed by atoms with Crippen LogP contribution in [0.15, 0.2) is 11.6 Å². The van der Waals surface area contributed by atoms with Crippen LogP contribution in [0.3, 0.4) is 0 Å². The molecule has 0 aromatic heterocycles. The molecule has 0 spiro atoms. The Morgan fingerprint density at radius 3 is 2.50 bits per heavy atom. The van der Waals surface area contributed by atoms with Crippen molar-refractivity contribution in [2.24, 2.45) is 22.7 Å². The van der Waals surface area contributed by atoms with Crippen molar-refractivity contribution in [2.75, 3.05) is 13.2 Å². The maximum atomic E-state index is 11.4. The van der Waals surface area contributed by atoms with Crippen LogP contribution >= 0.6 is 0 Å². The Labute approximate surface area is 159 Å². The van der Waals surface area contributed by atoms with E-state index in [2.05, 4.69) is 20.8 Å². The van der Waals surface area contributed by atoms with E-state index < -0.39 is 5.60 Å².